The van der Waals surface area contributed by atoms with Gasteiger partial charge in [-0.1, -0.05) is 13.8 Å². The minimum atomic E-state index is -0.936. The lowest BCUT2D eigenvalue weighted by atomic mass is 10.0. The summed E-state index contributed by atoms with van der Waals surface area (Å²) in [6.45, 7) is 5.76. The van der Waals surface area contributed by atoms with Crippen LogP contribution in [-0.4, -0.2) is 35.6 Å². The summed E-state index contributed by atoms with van der Waals surface area (Å²) in [6.07, 6.45) is 6.12. The van der Waals surface area contributed by atoms with Gasteiger partial charge in [-0.25, -0.2) is 4.98 Å². The summed E-state index contributed by atoms with van der Waals surface area (Å²) in [5, 5.41) is 17.6. The quantitative estimate of drug-likeness (QED) is 0.775. The van der Waals surface area contributed by atoms with Crippen molar-refractivity contribution >= 4 is 11.6 Å². The molecule has 3 heterocycles. The van der Waals surface area contributed by atoms with E-state index in [0.29, 0.717) is 11.5 Å². The highest BCUT2D eigenvalue weighted by molar-refractivity contribution is 5.75. The van der Waals surface area contributed by atoms with Gasteiger partial charge in [0.1, 0.15) is 5.92 Å². The third-order valence-electron chi connectivity index (χ3n) is 4.24. The number of hydrogen-bond donors (Lipinski definition) is 1. The first-order valence-corrected chi connectivity index (χ1v) is 7.91. The average Bonchev–Trinajstić information content (AvgIpc) is 3.04. The summed E-state index contributed by atoms with van der Waals surface area (Å²) < 4.78 is 1.75. The van der Waals surface area contributed by atoms with Gasteiger partial charge in [0.15, 0.2) is 11.5 Å². The molecule has 124 valence electrons. The summed E-state index contributed by atoms with van der Waals surface area (Å²) in [5.74, 6) is -1.11. The van der Waals surface area contributed by atoms with Gasteiger partial charge in [0.25, 0.3) is 0 Å². The molecule has 0 aliphatic rings. The lowest BCUT2D eigenvalue weighted by molar-refractivity contribution is -0.138. The van der Waals surface area contributed by atoms with Crippen LogP contribution in [0.5, 0.6) is 0 Å². The normalized spacial score (nSPS) is 13.8. The van der Waals surface area contributed by atoms with E-state index >= 15 is 0 Å². The van der Waals surface area contributed by atoms with Crippen molar-refractivity contribution in [3.63, 3.8) is 0 Å². The molecule has 0 saturated carbocycles. The third-order valence-corrected chi connectivity index (χ3v) is 4.24. The van der Waals surface area contributed by atoms with Gasteiger partial charge < -0.3 is 5.11 Å². The van der Waals surface area contributed by atoms with E-state index in [1.807, 2.05) is 12.1 Å². The maximum Gasteiger partial charge on any atom is 0.313 e. The average molecular weight is 325 g/mol. The molecule has 0 aliphatic carbocycles. The van der Waals surface area contributed by atoms with Crippen LogP contribution in [-0.2, 0) is 4.79 Å². The maximum atomic E-state index is 11.4. The van der Waals surface area contributed by atoms with Crippen molar-refractivity contribution in [1.29, 1.82) is 0 Å². The molecular formula is C17H19N5O2. The molecule has 0 radical (unpaired) electrons. The molecule has 3 rings (SSSR count). The van der Waals surface area contributed by atoms with Crippen molar-refractivity contribution in [3.8, 4) is 11.3 Å². The summed E-state index contributed by atoms with van der Waals surface area (Å²) in [5.41, 5.74) is 3.02. The second-order valence-corrected chi connectivity index (χ2v) is 5.87. The molecule has 7 heteroatoms. The van der Waals surface area contributed by atoms with Gasteiger partial charge in [-0.2, -0.15) is 0 Å². The standard InChI is InChI=1S/C17H19N5O2/c1-4-10(2)14-16-21-20-15(11(3)17(23)24)22(16)9-13(19-14)12-6-5-7-18-8-12/h5-11H,4H2,1-3H3,(H,23,24). The highest BCUT2D eigenvalue weighted by Gasteiger charge is 2.23. The fourth-order valence-electron chi connectivity index (χ4n) is 2.52. The predicted molar refractivity (Wildman–Crippen MR) is 88.8 cm³/mol. The smallest absolute Gasteiger partial charge is 0.313 e. The molecule has 0 bridgehead atoms. The molecule has 0 aliphatic heterocycles. The summed E-state index contributed by atoms with van der Waals surface area (Å²) in [7, 11) is 0. The highest BCUT2D eigenvalue weighted by Crippen LogP contribution is 2.27. The molecule has 2 atom stereocenters. The van der Waals surface area contributed by atoms with Crippen LogP contribution in [0.15, 0.2) is 30.7 Å². The number of carboxylic acid groups (broad SMARTS) is 1. The van der Waals surface area contributed by atoms with Gasteiger partial charge >= 0.3 is 5.97 Å². The van der Waals surface area contributed by atoms with Gasteiger partial charge in [-0.05, 0) is 25.5 Å². The highest BCUT2D eigenvalue weighted by atomic mass is 16.4. The topological polar surface area (TPSA) is 93.3 Å². The van der Waals surface area contributed by atoms with Crippen LogP contribution in [0, 0.1) is 0 Å². The number of fused-ring (bicyclic) bond motifs is 1. The van der Waals surface area contributed by atoms with Crippen LogP contribution in [0.4, 0.5) is 0 Å². The van der Waals surface area contributed by atoms with Gasteiger partial charge in [0, 0.05) is 30.1 Å². The summed E-state index contributed by atoms with van der Waals surface area (Å²) in [4.78, 5) is 20.2. The number of aliphatic carboxylic acids is 1. The van der Waals surface area contributed by atoms with Gasteiger partial charge in [0.05, 0.1) is 11.4 Å². The van der Waals surface area contributed by atoms with Crippen LogP contribution < -0.4 is 0 Å². The van der Waals surface area contributed by atoms with E-state index in [1.165, 1.54) is 0 Å². The number of aromatic nitrogens is 5. The Labute approximate surface area is 139 Å². The van der Waals surface area contributed by atoms with E-state index in [9.17, 15) is 9.90 Å². The van der Waals surface area contributed by atoms with Crippen LogP contribution >= 0.6 is 0 Å². The second kappa shape index (κ2) is 6.35. The Morgan fingerprint density at radius 2 is 2.12 bits per heavy atom. The predicted octanol–water partition coefficient (Wildman–Crippen LogP) is 2.89. The van der Waals surface area contributed by atoms with E-state index in [1.54, 1.807) is 29.9 Å². The van der Waals surface area contributed by atoms with Crippen molar-refractivity contribution in [2.75, 3.05) is 0 Å². The van der Waals surface area contributed by atoms with Gasteiger partial charge in [-0.3, -0.25) is 14.2 Å². The van der Waals surface area contributed by atoms with Crippen molar-refractivity contribution in [3.05, 3.63) is 42.2 Å². The number of nitrogens with zero attached hydrogens (tertiary/aromatic N) is 5. The Morgan fingerprint density at radius 1 is 1.33 bits per heavy atom. The van der Waals surface area contributed by atoms with Crippen LogP contribution in [0.25, 0.3) is 16.9 Å². The fraction of sp³-hybridized carbons (Fsp3) is 0.353. The zero-order valence-corrected chi connectivity index (χ0v) is 13.8. The van der Waals surface area contributed by atoms with E-state index in [2.05, 4.69) is 29.0 Å². The molecule has 1 N–H and O–H groups in total. The molecule has 0 aromatic carbocycles. The lowest BCUT2D eigenvalue weighted by Gasteiger charge is -2.13. The van der Waals surface area contributed by atoms with E-state index < -0.39 is 11.9 Å². The fourth-order valence-corrected chi connectivity index (χ4v) is 2.52. The first-order chi connectivity index (χ1) is 11.5. The minimum absolute atomic E-state index is 0.182. The van der Waals surface area contributed by atoms with E-state index in [-0.39, 0.29) is 5.92 Å². The number of hydrogen-bond acceptors (Lipinski definition) is 5. The van der Waals surface area contributed by atoms with Crippen LogP contribution in [0.1, 0.15) is 50.5 Å². The molecule has 0 saturated heterocycles. The van der Waals surface area contributed by atoms with Crippen molar-refractivity contribution in [2.24, 2.45) is 0 Å². The van der Waals surface area contributed by atoms with Crippen molar-refractivity contribution in [2.45, 2.75) is 39.0 Å². The summed E-state index contributed by atoms with van der Waals surface area (Å²) >= 11 is 0. The lowest BCUT2D eigenvalue weighted by Crippen LogP contribution is -2.12. The molecule has 0 spiro atoms. The Hall–Kier alpha value is -2.83. The molecular weight excluding hydrogens is 306 g/mol. The van der Waals surface area contributed by atoms with Crippen molar-refractivity contribution < 1.29 is 9.90 Å². The second-order valence-electron chi connectivity index (χ2n) is 5.87. The molecule has 7 nitrogen and oxygen atoms in total. The number of carboxylic acids is 1. The molecule has 0 fully saturated rings. The van der Waals surface area contributed by atoms with Gasteiger partial charge in [-0.15, -0.1) is 10.2 Å². The Balaban J connectivity index is 2.27. The SMILES string of the molecule is CCC(C)c1nc(-c2cccnc2)cn2c(C(C)C(=O)O)nnc12. The molecule has 0 amide bonds. The zero-order valence-electron chi connectivity index (χ0n) is 13.8. The minimum Gasteiger partial charge on any atom is -0.481 e. The Kier molecular flexibility index (Phi) is 4.24. The molecule has 2 unspecified atom stereocenters. The summed E-state index contributed by atoms with van der Waals surface area (Å²) in [6, 6.07) is 3.77. The number of carbonyl (C=O) groups is 1. The van der Waals surface area contributed by atoms with Crippen LogP contribution in [0.3, 0.4) is 0 Å². The molecule has 3 aromatic rings. The van der Waals surface area contributed by atoms with Crippen molar-refractivity contribution in [1.82, 2.24) is 24.6 Å². The molecule has 3 aromatic heterocycles. The van der Waals surface area contributed by atoms with E-state index in [4.69, 9.17) is 4.98 Å². The Morgan fingerprint density at radius 3 is 2.75 bits per heavy atom. The largest absolute Gasteiger partial charge is 0.481 e. The maximum absolute atomic E-state index is 11.4. The number of pyridine rings is 1. The zero-order chi connectivity index (χ0) is 17.3. The van der Waals surface area contributed by atoms with Gasteiger partial charge in [0.2, 0.25) is 0 Å². The first kappa shape index (κ1) is 16.0. The monoisotopic (exact) mass is 325 g/mol. The number of rotatable bonds is 5. The Bertz CT molecular complexity index is 875. The molecule has 24 heavy (non-hydrogen) atoms. The van der Waals surface area contributed by atoms with Crippen LogP contribution in [0.2, 0.25) is 0 Å². The van der Waals surface area contributed by atoms with E-state index in [0.717, 1.165) is 23.4 Å². The first-order valence-electron chi connectivity index (χ1n) is 7.91. The third kappa shape index (κ3) is 2.73.